The normalized spacial score (nSPS) is 8.89. The van der Waals surface area contributed by atoms with Crippen LogP contribution in [0.5, 0.6) is 0 Å². The average molecular weight is 122 g/mol. The molecule has 1 aromatic rings. The molecule has 3 nitrogen and oxygen atoms in total. The number of anilines is 1. The van der Waals surface area contributed by atoms with Crippen LogP contribution in [-0.4, -0.2) is 0 Å². The van der Waals surface area contributed by atoms with E-state index in [2.05, 4.69) is 0 Å². The van der Waals surface area contributed by atoms with Crippen molar-refractivity contribution in [1.82, 2.24) is 0 Å². The molecule has 2 N–H and O–H groups in total. The van der Waals surface area contributed by atoms with E-state index in [-0.39, 0.29) is 5.76 Å². The maximum absolute atomic E-state index is 8.31. The Morgan fingerprint density at radius 2 is 2.44 bits per heavy atom. The molecule has 0 saturated heterocycles. The topological polar surface area (TPSA) is 63.0 Å². The monoisotopic (exact) mass is 122 g/mol. The fourth-order valence-corrected chi connectivity index (χ4v) is 0.540. The average Bonchev–Trinajstić information content (AvgIpc) is 2.15. The zero-order valence-corrected chi connectivity index (χ0v) is 5.01. The molecule has 0 amide bonds. The van der Waals surface area contributed by atoms with Crippen LogP contribution < -0.4 is 5.73 Å². The molecular weight excluding hydrogens is 116 g/mol. The van der Waals surface area contributed by atoms with E-state index in [0.29, 0.717) is 5.69 Å². The highest BCUT2D eigenvalue weighted by Crippen LogP contribution is 2.16. The standard InChI is InChI=1S/C6H6N2O/c1-4-3-9-5(2-7)6(4)8/h3H,8H2,1H3. The molecule has 0 aliphatic rings. The fraction of sp³-hybridized carbons (Fsp3) is 0.167. The van der Waals surface area contributed by atoms with Crippen LogP contribution in [-0.2, 0) is 0 Å². The number of nitrogen functional groups attached to an aromatic ring is 1. The van der Waals surface area contributed by atoms with Gasteiger partial charge >= 0.3 is 0 Å². The molecule has 0 spiro atoms. The van der Waals surface area contributed by atoms with Crippen molar-refractivity contribution in [2.45, 2.75) is 6.92 Å². The zero-order chi connectivity index (χ0) is 6.85. The Kier molecular flexibility index (Phi) is 1.16. The Labute approximate surface area is 52.7 Å². The van der Waals surface area contributed by atoms with Crippen LogP contribution in [0.3, 0.4) is 0 Å². The quantitative estimate of drug-likeness (QED) is 0.559. The summed E-state index contributed by atoms with van der Waals surface area (Å²) in [6, 6.07) is 1.82. The number of nitrogens with zero attached hydrogens (tertiary/aromatic N) is 1. The highest BCUT2D eigenvalue weighted by atomic mass is 16.3. The van der Waals surface area contributed by atoms with Crippen molar-refractivity contribution in [2.24, 2.45) is 0 Å². The minimum atomic E-state index is 0.201. The van der Waals surface area contributed by atoms with Gasteiger partial charge in [-0.15, -0.1) is 0 Å². The first-order valence-electron chi connectivity index (χ1n) is 2.49. The predicted molar refractivity (Wildman–Crippen MR) is 32.6 cm³/mol. The van der Waals surface area contributed by atoms with Crippen molar-refractivity contribution in [3.05, 3.63) is 17.6 Å². The molecule has 1 rings (SSSR count). The van der Waals surface area contributed by atoms with Gasteiger partial charge in [0, 0.05) is 5.56 Å². The molecule has 3 heteroatoms. The molecule has 1 aromatic heterocycles. The summed E-state index contributed by atoms with van der Waals surface area (Å²) >= 11 is 0. The molecule has 0 aliphatic carbocycles. The summed E-state index contributed by atoms with van der Waals surface area (Å²) in [5.74, 6) is 0.201. The maximum Gasteiger partial charge on any atom is 0.226 e. The van der Waals surface area contributed by atoms with E-state index in [1.807, 2.05) is 6.07 Å². The van der Waals surface area contributed by atoms with Crippen LogP contribution in [0.1, 0.15) is 11.3 Å². The van der Waals surface area contributed by atoms with Crippen molar-refractivity contribution in [3.63, 3.8) is 0 Å². The zero-order valence-electron chi connectivity index (χ0n) is 5.01. The van der Waals surface area contributed by atoms with Crippen LogP contribution in [0.15, 0.2) is 10.7 Å². The second kappa shape index (κ2) is 1.82. The van der Waals surface area contributed by atoms with E-state index in [0.717, 1.165) is 5.56 Å². The second-order valence-electron chi connectivity index (χ2n) is 1.77. The number of nitrogens with two attached hydrogens (primary N) is 1. The van der Waals surface area contributed by atoms with Crippen molar-refractivity contribution >= 4 is 5.69 Å². The Hall–Kier alpha value is -1.43. The van der Waals surface area contributed by atoms with Gasteiger partial charge in [0.15, 0.2) is 0 Å². The number of furan rings is 1. The number of rotatable bonds is 0. The summed E-state index contributed by atoms with van der Waals surface area (Å²) < 4.78 is 4.76. The first-order chi connectivity index (χ1) is 4.25. The smallest absolute Gasteiger partial charge is 0.226 e. The highest BCUT2D eigenvalue weighted by molar-refractivity contribution is 5.53. The molecular formula is C6H6N2O. The molecule has 0 unspecified atom stereocenters. The van der Waals surface area contributed by atoms with E-state index in [9.17, 15) is 0 Å². The summed E-state index contributed by atoms with van der Waals surface area (Å²) in [5.41, 5.74) is 6.65. The Bertz CT molecular complexity index is 257. The van der Waals surface area contributed by atoms with Crippen LogP contribution in [0, 0.1) is 18.3 Å². The second-order valence-corrected chi connectivity index (χ2v) is 1.77. The van der Waals surface area contributed by atoms with Crippen LogP contribution in [0.2, 0.25) is 0 Å². The molecule has 9 heavy (non-hydrogen) atoms. The van der Waals surface area contributed by atoms with E-state index in [1.54, 1.807) is 6.92 Å². The van der Waals surface area contributed by atoms with Crippen LogP contribution >= 0.6 is 0 Å². The number of hydrogen-bond donors (Lipinski definition) is 1. The van der Waals surface area contributed by atoms with Gasteiger partial charge in [-0.2, -0.15) is 5.26 Å². The summed E-state index contributed by atoms with van der Waals surface area (Å²) in [6.45, 7) is 1.79. The maximum atomic E-state index is 8.31. The summed E-state index contributed by atoms with van der Waals surface area (Å²) in [6.07, 6.45) is 1.47. The Morgan fingerprint density at radius 1 is 1.78 bits per heavy atom. The minimum absolute atomic E-state index is 0.201. The first kappa shape index (κ1) is 5.70. The molecule has 0 atom stereocenters. The van der Waals surface area contributed by atoms with Gasteiger partial charge in [-0.1, -0.05) is 0 Å². The van der Waals surface area contributed by atoms with Gasteiger partial charge in [0.25, 0.3) is 0 Å². The Balaban J connectivity index is 3.24. The first-order valence-corrected chi connectivity index (χ1v) is 2.49. The molecule has 0 saturated carbocycles. The van der Waals surface area contributed by atoms with Gasteiger partial charge < -0.3 is 10.2 Å². The lowest BCUT2D eigenvalue weighted by Crippen LogP contribution is -1.86. The summed E-state index contributed by atoms with van der Waals surface area (Å²) in [4.78, 5) is 0. The number of aryl methyl sites for hydroxylation is 1. The lowest BCUT2D eigenvalue weighted by atomic mass is 10.3. The molecule has 0 radical (unpaired) electrons. The molecule has 0 fully saturated rings. The Morgan fingerprint density at radius 3 is 2.67 bits per heavy atom. The van der Waals surface area contributed by atoms with Crippen LogP contribution in [0.4, 0.5) is 5.69 Å². The van der Waals surface area contributed by atoms with E-state index >= 15 is 0 Å². The highest BCUT2D eigenvalue weighted by Gasteiger charge is 2.03. The number of nitriles is 1. The van der Waals surface area contributed by atoms with Crippen LogP contribution in [0.25, 0.3) is 0 Å². The SMILES string of the molecule is Cc1coc(C#N)c1N. The third-order valence-electron chi connectivity index (χ3n) is 1.12. The van der Waals surface area contributed by atoms with Gasteiger partial charge in [0.1, 0.15) is 6.07 Å². The third kappa shape index (κ3) is 0.745. The molecule has 0 aliphatic heterocycles. The molecule has 0 aromatic carbocycles. The lowest BCUT2D eigenvalue weighted by molar-refractivity contribution is 0.552. The van der Waals surface area contributed by atoms with E-state index in [4.69, 9.17) is 15.4 Å². The molecule has 46 valence electrons. The van der Waals surface area contributed by atoms with Gasteiger partial charge in [-0.25, -0.2) is 0 Å². The van der Waals surface area contributed by atoms with E-state index < -0.39 is 0 Å². The van der Waals surface area contributed by atoms with E-state index in [1.165, 1.54) is 6.26 Å². The number of hydrogen-bond acceptors (Lipinski definition) is 3. The minimum Gasteiger partial charge on any atom is -0.451 e. The van der Waals surface area contributed by atoms with Crippen molar-refractivity contribution < 1.29 is 4.42 Å². The van der Waals surface area contributed by atoms with Crippen molar-refractivity contribution in [2.75, 3.05) is 5.73 Å². The predicted octanol–water partition coefficient (Wildman–Crippen LogP) is 1.04. The third-order valence-corrected chi connectivity index (χ3v) is 1.12. The van der Waals surface area contributed by atoms with Gasteiger partial charge in [0.05, 0.1) is 12.0 Å². The fourth-order valence-electron chi connectivity index (χ4n) is 0.540. The van der Waals surface area contributed by atoms with Gasteiger partial charge in [-0.3, -0.25) is 0 Å². The lowest BCUT2D eigenvalue weighted by Gasteiger charge is -1.82. The molecule has 1 heterocycles. The summed E-state index contributed by atoms with van der Waals surface area (Å²) in [5, 5.41) is 8.31. The van der Waals surface area contributed by atoms with Gasteiger partial charge in [-0.05, 0) is 6.92 Å². The largest absolute Gasteiger partial charge is 0.451 e. The van der Waals surface area contributed by atoms with Crippen molar-refractivity contribution in [1.29, 1.82) is 5.26 Å². The van der Waals surface area contributed by atoms with Gasteiger partial charge in [0.2, 0.25) is 5.76 Å². The molecule has 0 bridgehead atoms. The summed E-state index contributed by atoms with van der Waals surface area (Å²) in [7, 11) is 0. The van der Waals surface area contributed by atoms with Crippen molar-refractivity contribution in [3.8, 4) is 6.07 Å².